The summed E-state index contributed by atoms with van der Waals surface area (Å²) in [6, 6.07) is 0. The maximum Gasteiger partial charge on any atom is 4.00 e. The van der Waals surface area contributed by atoms with E-state index in [0.29, 0.717) is 6.61 Å². The van der Waals surface area contributed by atoms with Crippen molar-refractivity contribution in [3.05, 3.63) is 6.92 Å². The van der Waals surface area contributed by atoms with Gasteiger partial charge in [0, 0.05) is 5.69 Å². The largest absolute Gasteiger partial charge is 4.00 e. The van der Waals surface area contributed by atoms with E-state index in [-0.39, 0.29) is 21.1 Å². The Kier molecular flexibility index (Phi) is 48.1. The van der Waals surface area contributed by atoms with Gasteiger partial charge in [-0.15, -0.1) is 11.4 Å². The molecule has 0 saturated heterocycles. The first-order valence-corrected chi connectivity index (χ1v) is 21.8. The molecular formula is C30H63MoO6P2S2-. The van der Waals surface area contributed by atoms with Gasteiger partial charge in [-0.05, 0) is 18.6 Å². The molecule has 248 valence electrons. The topological polar surface area (TPSA) is 119 Å². The molecule has 0 bridgehead atoms. The van der Waals surface area contributed by atoms with Crippen molar-refractivity contribution in [2.45, 2.75) is 175 Å². The average Bonchev–Trinajstić information content (AvgIpc) is 2.88. The zero-order chi connectivity index (χ0) is 30.8. The summed E-state index contributed by atoms with van der Waals surface area (Å²) in [5, 5.41) is 0. The van der Waals surface area contributed by atoms with Gasteiger partial charge in [0.15, 0.2) is 0 Å². The van der Waals surface area contributed by atoms with Crippen LogP contribution < -0.4 is 19.6 Å². The van der Waals surface area contributed by atoms with Crippen molar-refractivity contribution in [1.82, 2.24) is 0 Å². The van der Waals surface area contributed by atoms with E-state index in [1.807, 2.05) is 0 Å². The molecule has 0 radical (unpaired) electrons. The minimum absolute atomic E-state index is 0. The summed E-state index contributed by atoms with van der Waals surface area (Å²) in [7, 11) is -5.39. The average molecular weight is 742 g/mol. The van der Waals surface area contributed by atoms with E-state index in [1.165, 1.54) is 146 Å². The smallest absolute Gasteiger partial charge is 0.822 e. The van der Waals surface area contributed by atoms with E-state index >= 15 is 0 Å². The van der Waals surface area contributed by atoms with Crippen LogP contribution in [0.4, 0.5) is 0 Å². The van der Waals surface area contributed by atoms with Gasteiger partial charge in [0.05, 0.1) is 6.61 Å². The first kappa shape index (κ1) is 49.6. The molecule has 1 atom stereocenters. The van der Waals surface area contributed by atoms with Crippen molar-refractivity contribution >= 4 is 36.7 Å². The molecule has 0 aliphatic heterocycles. The molecule has 0 aromatic carbocycles. The fourth-order valence-corrected chi connectivity index (χ4v) is 7.38. The van der Waals surface area contributed by atoms with Gasteiger partial charge in [0.25, 0.3) is 0 Å². The molecule has 0 aromatic rings. The maximum atomic E-state index is 12.3. The molecule has 0 saturated carbocycles. The molecule has 0 aliphatic carbocycles. The van der Waals surface area contributed by atoms with Crippen molar-refractivity contribution in [3.63, 3.8) is 0 Å². The van der Waals surface area contributed by atoms with Crippen LogP contribution in [-0.2, 0) is 42.0 Å². The predicted octanol–water partition coefficient (Wildman–Crippen LogP) is 8.74. The van der Waals surface area contributed by atoms with Crippen LogP contribution in [0.25, 0.3) is 0 Å². The van der Waals surface area contributed by atoms with E-state index in [9.17, 15) is 4.89 Å². The molecule has 0 heterocycles. The number of unbranched alkanes of at least 4 members (excludes halogenated alkanes) is 21. The number of hydrogen-bond donors (Lipinski definition) is 0. The van der Waals surface area contributed by atoms with Crippen LogP contribution in [-0.4, -0.2) is 12.4 Å². The Morgan fingerprint density at radius 1 is 0.585 bits per heavy atom. The molecule has 0 amide bonds. The van der Waals surface area contributed by atoms with Gasteiger partial charge in [-0.1, -0.05) is 167 Å². The molecule has 0 fully saturated rings. The van der Waals surface area contributed by atoms with Crippen LogP contribution >= 0.6 is 24.9 Å². The Labute approximate surface area is 279 Å². The first-order chi connectivity index (χ1) is 19.0. The fraction of sp³-hybridized carbons (Fsp3) is 0.967. The van der Waals surface area contributed by atoms with Crippen molar-refractivity contribution in [2.75, 3.05) is 12.4 Å². The first-order valence-electron chi connectivity index (χ1n) is 16.2. The standard InChI is InChI=1S/C24H51O2PS2.C6H13.Mo.H3O4P/c1-3-5-7-9-11-13-15-17-19-21-23-26-27(25,28)29-24-22-20-18-16-14-12-10-8-6-4-2;1-3-5-6-4-2;;1-5(2,3)4/h3-24H2,1-2H3,(H,25,28);1,3-6H2,2H3;;(H3,1,2,3,4)/q;-1;+4;/p-4. The van der Waals surface area contributed by atoms with Gasteiger partial charge in [0.2, 0.25) is 0 Å². The number of rotatable bonds is 27. The Balaban J connectivity index is -0.000000479. The second-order valence-electron chi connectivity index (χ2n) is 10.5. The van der Waals surface area contributed by atoms with E-state index in [1.54, 1.807) is 0 Å². The Morgan fingerprint density at radius 3 is 1.20 bits per heavy atom. The Hall–Kier alpha value is 1.72. The maximum absolute atomic E-state index is 12.3. The third-order valence-corrected chi connectivity index (χ3v) is 10.7. The van der Waals surface area contributed by atoms with E-state index in [0.717, 1.165) is 25.0 Å². The van der Waals surface area contributed by atoms with Crippen molar-refractivity contribution in [3.8, 4) is 0 Å². The van der Waals surface area contributed by atoms with Crippen molar-refractivity contribution < 1.29 is 49.7 Å². The summed E-state index contributed by atoms with van der Waals surface area (Å²) in [4.78, 5) is 37.9. The van der Waals surface area contributed by atoms with Gasteiger partial charge in [0.1, 0.15) is 0 Å². The minimum Gasteiger partial charge on any atom is -0.822 e. The van der Waals surface area contributed by atoms with Crippen molar-refractivity contribution in [2.24, 2.45) is 0 Å². The molecule has 0 N–H and O–H groups in total. The summed E-state index contributed by atoms with van der Waals surface area (Å²) < 4.78 is 14.1. The van der Waals surface area contributed by atoms with Crippen molar-refractivity contribution in [1.29, 1.82) is 0 Å². The third-order valence-electron chi connectivity index (χ3n) is 6.35. The molecule has 0 aliphatic rings. The predicted molar refractivity (Wildman–Crippen MR) is 173 cm³/mol. The van der Waals surface area contributed by atoms with Gasteiger partial charge in [-0.3, -0.25) is 0 Å². The molecule has 11 heteroatoms. The second kappa shape index (κ2) is 39.7. The summed E-state index contributed by atoms with van der Waals surface area (Å²) in [5.74, 6) is 0.884. The second-order valence-corrected chi connectivity index (χ2v) is 17.6. The normalized spacial score (nSPS) is 12.4. The quantitative estimate of drug-likeness (QED) is 0.0355. The van der Waals surface area contributed by atoms with Crippen LogP contribution in [0.15, 0.2) is 0 Å². The molecular weight excluding hydrogens is 678 g/mol. The molecule has 0 spiro atoms. The van der Waals surface area contributed by atoms with E-state index in [4.69, 9.17) is 35.6 Å². The van der Waals surface area contributed by atoms with E-state index < -0.39 is 13.5 Å². The molecule has 0 aromatic heterocycles. The van der Waals surface area contributed by atoms with Crippen LogP contribution in [0.5, 0.6) is 0 Å². The molecule has 0 rings (SSSR count). The van der Waals surface area contributed by atoms with Gasteiger partial charge < -0.3 is 35.6 Å². The minimum atomic E-state index is -5.39. The summed E-state index contributed by atoms with van der Waals surface area (Å²) in [5.41, 5.74) is -2.85. The zero-order valence-corrected chi connectivity index (χ0v) is 32.1. The monoisotopic (exact) mass is 743 g/mol. The van der Waals surface area contributed by atoms with Gasteiger partial charge in [-0.2, -0.15) is 14.2 Å². The third kappa shape index (κ3) is 61.5. The Morgan fingerprint density at radius 2 is 0.878 bits per heavy atom. The fourth-order valence-electron chi connectivity index (χ4n) is 4.00. The van der Waals surface area contributed by atoms with E-state index in [2.05, 4.69) is 27.7 Å². The van der Waals surface area contributed by atoms with Crippen LogP contribution in [0.2, 0.25) is 0 Å². The van der Waals surface area contributed by atoms with Crippen LogP contribution in [0, 0.1) is 6.92 Å². The molecule has 1 unspecified atom stereocenters. The summed E-state index contributed by atoms with van der Waals surface area (Å²) >= 11 is 6.57. The van der Waals surface area contributed by atoms with Gasteiger partial charge >= 0.3 is 21.1 Å². The van der Waals surface area contributed by atoms with Crippen LogP contribution in [0.1, 0.15) is 175 Å². The van der Waals surface area contributed by atoms with Gasteiger partial charge in [-0.25, -0.2) is 0 Å². The SMILES string of the molecule is CCCCCCCCCCCCOP([O-])(=S)SCCCCCCCCCCCC.O=P([O-])([O-])[O-].[CH2-]CCCCC.[Mo+4]. The Bertz CT molecular complexity index is 529. The number of phosphoric acid groups is 1. The molecule has 6 nitrogen and oxygen atoms in total. The molecule has 41 heavy (non-hydrogen) atoms. The summed E-state index contributed by atoms with van der Waals surface area (Å²) in [6.45, 7) is 11.0. The number of hydrogen-bond acceptors (Lipinski definition) is 8. The zero-order valence-electron chi connectivity index (χ0n) is 26.7. The van der Waals surface area contributed by atoms with Crippen LogP contribution in [0.3, 0.4) is 0 Å². The summed E-state index contributed by atoms with van der Waals surface area (Å²) in [6.07, 6.45) is 31.4.